The molecule has 1 unspecified atom stereocenters. The monoisotopic (exact) mass is 362 g/mol. The Labute approximate surface area is 159 Å². The number of ether oxygens (including phenoxy) is 2. The highest BCUT2D eigenvalue weighted by Crippen LogP contribution is 2.28. The van der Waals surface area contributed by atoms with Crippen molar-refractivity contribution in [3.8, 4) is 11.5 Å². The summed E-state index contributed by atoms with van der Waals surface area (Å²) in [5.41, 5.74) is 2.37. The van der Waals surface area contributed by atoms with Crippen molar-refractivity contribution in [2.75, 3.05) is 20.8 Å². The molecule has 1 aromatic heterocycles. The summed E-state index contributed by atoms with van der Waals surface area (Å²) in [7, 11) is 3.07. The lowest BCUT2D eigenvalue weighted by molar-refractivity contribution is 0.0946. The van der Waals surface area contributed by atoms with Crippen LogP contribution >= 0.6 is 0 Å². The predicted molar refractivity (Wildman–Crippen MR) is 104 cm³/mol. The van der Waals surface area contributed by atoms with Gasteiger partial charge < -0.3 is 14.8 Å². The first kappa shape index (κ1) is 18.5. The van der Waals surface area contributed by atoms with Crippen molar-refractivity contribution in [3.63, 3.8) is 0 Å². The minimum Gasteiger partial charge on any atom is -0.496 e. The Kier molecular flexibility index (Phi) is 6.05. The van der Waals surface area contributed by atoms with Crippen molar-refractivity contribution >= 4 is 5.91 Å². The average Bonchev–Trinajstić information content (AvgIpc) is 2.74. The van der Waals surface area contributed by atoms with Gasteiger partial charge in [0.1, 0.15) is 17.1 Å². The van der Waals surface area contributed by atoms with E-state index >= 15 is 0 Å². The lowest BCUT2D eigenvalue weighted by Gasteiger charge is -2.19. The van der Waals surface area contributed by atoms with E-state index in [1.165, 1.54) is 14.2 Å². The lowest BCUT2D eigenvalue weighted by atomic mass is 9.95. The molecule has 0 aliphatic rings. The van der Waals surface area contributed by atoms with Gasteiger partial charge in [-0.1, -0.05) is 42.5 Å². The second-order valence-electron chi connectivity index (χ2n) is 5.97. The Morgan fingerprint density at radius 3 is 2.19 bits per heavy atom. The molecule has 0 fully saturated rings. The molecular formula is C22H22N2O3. The maximum Gasteiger partial charge on any atom is 0.258 e. The fraction of sp³-hybridized carbons (Fsp3) is 0.182. The molecule has 3 rings (SSSR count). The summed E-state index contributed by atoms with van der Waals surface area (Å²) in [5.74, 6) is 0.639. The van der Waals surface area contributed by atoms with E-state index in [2.05, 4.69) is 10.3 Å². The van der Waals surface area contributed by atoms with Gasteiger partial charge in [0, 0.05) is 24.4 Å². The van der Waals surface area contributed by atoms with Gasteiger partial charge in [-0.15, -0.1) is 0 Å². The van der Waals surface area contributed by atoms with Crippen LogP contribution in [0.1, 0.15) is 27.5 Å². The van der Waals surface area contributed by atoms with Crippen LogP contribution < -0.4 is 14.8 Å². The molecule has 0 aliphatic heterocycles. The van der Waals surface area contributed by atoms with E-state index in [9.17, 15) is 4.79 Å². The molecule has 0 bridgehead atoms. The van der Waals surface area contributed by atoms with Crippen molar-refractivity contribution in [3.05, 3.63) is 89.7 Å². The fourth-order valence-electron chi connectivity index (χ4n) is 3.02. The summed E-state index contributed by atoms with van der Waals surface area (Å²) >= 11 is 0. The SMILES string of the molecule is COc1cccc(OC)c1C(=O)NCC(c1ccccc1)c1ccccn1. The standard InChI is InChI=1S/C22H22N2O3/c1-26-19-12-8-13-20(27-2)21(19)22(25)24-15-17(16-9-4-3-5-10-16)18-11-6-7-14-23-18/h3-14,17H,15H2,1-2H3,(H,24,25). The van der Waals surface area contributed by atoms with Crippen molar-refractivity contribution in [2.45, 2.75) is 5.92 Å². The zero-order chi connectivity index (χ0) is 19.1. The van der Waals surface area contributed by atoms with Crippen LogP contribution in [0.2, 0.25) is 0 Å². The molecule has 0 saturated carbocycles. The highest BCUT2D eigenvalue weighted by atomic mass is 16.5. The first-order valence-electron chi connectivity index (χ1n) is 8.69. The van der Waals surface area contributed by atoms with E-state index < -0.39 is 0 Å². The molecule has 27 heavy (non-hydrogen) atoms. The zero-order valence-corrected chi connectivity index (χ0v) is 15.4. The van der Waals surface area contributed by atoms with Crippen molar-refractivity contribution in [2.24, 2.45) is 0 Å². The van der Waals surface area contributed by atoms with Crippen LogP contribution in [-0.2, 0) is 0 Å². The molecule has 1 heterocycles. The summed E-state index contributed by atoms with van der Waals surface area (Å²) in [5, 5.41) is 3.01. The van der Waals surface area contributed by atoms with Crippen LogP contribution in [-0.4, -0.2) is 31.7 Å². The third-order valence-corrected chi connectivity index (χ3v) is 4.37. The molecule has 0 spiro atoms. The highest BCUT2D eigenvalue weighted by Gasteiger charge is 2.21. The number of carbonyl (C=O) groups is 1. The largest absolute Gasteiger partial charge is 0.496 e. The Balaban J connectivity index is 1.86. The van der Waals surface area contributed by atoms with Crippen molar-refractivity contribution < 1.29 is 14.3 Å². The van der Waals surface area contributed by atoms with Gasteiger partial charge in [0.25, 0.3) is 5.91 Å². The molecule has 0 saturated heterocycles. The number of hydrogen-bond acceptors (Lipinski definition) is 4. The molecule has 138 valence electrons. The number of methoxy groups -OCH3 is 2. The van der Waals surface area contributed by atoms with Crippen LogP contribution in [0.25, 0.3) is 0 Å². The quantitative estimate of drug-likeness (QED) is 0.697. The first-order valence-corrected chi connectivity index (χ1v) is 8.69. The van der Waals surface area contributed by atoms with E-state index in [4.69, 9.17) is 9.47 Å². The Bertz CT molecular complexity index is 821. The normalized spacial score (nSPS) is 11.5. The van der Waals surface area contributed by atoms with Gasteiger partial charge in [0.2, 0.25) is 0 Å². The van der Waals surface area contributed by atoms with Crippen LogP contribution in [0.3, 0.4) is 0 Å². The molecule has 3 aromatic rings. The first-order chi connectivity index (χ1) is 13.2. The van der Waals surface area contributed by atoms with Crippen LogP contribution in [0.5, 0.6) is 11.5 Å². The Morgan fingerprint density at radius 1 is 0.926 bits per heavy atom. The second-order valence-corrected chi connectivity index (χ2v) is 5.97. The summed E-state index contributed by atoms with van der Waals surface area (Å²) in [4.78, 5) is 17.4. The number of pyridine rings is 1. The van der Waals surface area contributed by atoms with Crippen molar-refractivity contribution in [1.82, 2.24) is 10.3 Å². The predicted octanol–water partition coefficient (Wildman–Crippen LogP) is 3.66. The van der Waals surface area contributed by atoms with Gasteiger partial charge >= 0.3 is 0 Å². The van der Waals surface area contributed by atoms with Gasteiger partial charge in [0.05, 0.1) is 14.2 Å². The molecule has 5 nitrogen and oxygen atoms in total. The third-order valence-electron chi connectivity index (χ3n) is 4.37. The van der Waals surface area contributed by atoms with Crippen LogP contribution in [0.15, 0.2) is 72.9 Å². The number of benzene rings is 2. The van der Waals surface area contributed by atoms with Crippen molar-refractivity contribution in [1.29, 1.82) is 0 Å². The van der Waals surface area contributed by atoms with Gasteiger partial charge in [-0.2, -0.15) is 0 Å². The number of hydrogen-bond donors (Lipinski definition) is 1. The highest BCUT2D eigenvalue weighted by molar-refractivity contribution is 5.99. The molecule has 1 atom stereocenters. The zero-order valence-electron chi connectivity index (χ0n) is 15.4. The number of nitrogens with zero attached hydrogens (tertiary/aromatic N) is 1. The van der Waals surface area contributed by atoms with E-state index in [1.807, 2.05) is 48.5 Å². The molecule has 2 aromatic carbocycles. The smallest absolute Gasteiger partial charge is 0.258 e. The minimum atomic E-state index is -0.249. The Morgan fingerprint density at radius 2 is 1.59 bits per heavy atom. The third kappa shape index (κ3) is 4.26. The van der Waals surface area contributed by atoms with E-state index in [0.29, 0.717) is 23.6 Å². The number of rotatable bonds is 7. The maximum absolute atomic E-state index is 12.9. The number of amides is 1. The van der Waals surface area contributed by atoms with Gasteiger partial charge in [-0.05, 0) is 29.8 Å². The number of carbonyl (C=O) groups excluding carboxylic acids is 1. The molecular weight excluding hydrogens is 340 g/mol. The van der Waals surface area contributed by atoms with Crippen LogP contribution in [0.4, 0.5) is 0 Å². The summed E-state index contributed by atoms with van der Waals surface area (Å²) in [6, 6.07) is 21.1. The van der Waals surface area contributed by atoms with Crippen LogP contribution in [0, 0.1) is 0 Å². The average molecular weight is 362 g/mol. The lowest BCUT2D eigenvalue weighted by Crippen LogP contribution is -2.30. The topological polar surface area (TPSA) is 60.5 Å². The summed E-state index contributed by atoms with van der Waals surface area (Å²) in [6.45, 7) is 0.404. The van der Waals surface area contributed by atoms with Gasteiger partial charge in [-0.3, -0.25) is 9.78 Å². The number of aromatic nitrogens is 1. The molecule has 1 N–H and O–H groups in total. The fourth-order valence-corrected chi connectivity index (χ4v) is 3.02. The Hall–Kier alpha value is -3.34. The number of nitrogens with one attached hydrogen (secondary N) is 1. The second kappa shape index (κ2) is 8.85. The summed E-state index contributed by atoms with van der Waals surface area (Å²) < 4.78 is 10.7. The maximum atomic E-state index is 12.9. The molecule has 0 radical (unpaired) electrons. The van der Waals surface area contributed by atoms with E-state index in [1.54, 1.807) is 24.4 Å². The van der Waals surface area contributed by atoms with E-state index in [0.717, 1.165) is 11.3 Å². The molecule has 5 heteroatoms. The molecule has 0 aliphatic carbocycles. The summed E-state index contributed by atoms with van der Waals surface area (Å²) in [6.07, 6.45) is 1.76. The minimum absolute atomic E-state index is 0.0583. The van der Waals surface area contributed by atoms with Gasteiger partial charge in [-0.25, -0.2) is 0 Å². The molecule has 1 amide bonds. The van der Waals surface area contributed by atoms with Gasteiger partial charge in [0.15, 0.2) is 0 Å². The van der Waals surface area contributed by atoms with E-state index in [-0.39, 0.29) is 11.8 Å².